The molecule has 7 nitrogen and oxygen atoms in total. The second-order valence-corrected chi connectivity index (χ2v) is 6.38. The number of nitrogens with one attached hydrogen (secondary N) is 1. The summed E-state index contributed by atoms with van der Waals surface area (Å²) in [5.74, 6) is 0.168. The molecule has 1 atom stereocenters. The SMILES string of the molecule is CCC1c2ccc(C(=O)NO)cc2OCCN1C(=O)C1CCOCC1. The van der Waals surface area contributed by atoms with E-state index in [1.165, 1.54) is 0 Å². The summed E-state index contributed by atoms with van der Waals surface area (Å²) in [4.78, 5) is 26.6. The molecule has 25 heavy (non-hydrogen) atoms. The maximum Gasteiger partial charge on any atom is 0.274 e. The highest BCUT2D eigenvalue weighted by atomic mass is 16.5. The molecule has 2 N–H and O–H groups in total. The number of nitrogens with zero attached hydrogens (tertiary/aromatic N) is 1. The van der Waals surface area contributed by atoms with Gasteiger partial charge in [0.2, 0.25) is 5.91 Å². The summed E-state index contributed by atoms with van der Waals surface area (Å²) in [6.07, 6.45) is 2.28. The third-order valence-corrected chi connectivity index (χ3v) is 4.94. The van der Waals surface area contributed by atoms with Gasteiger partial charge in [0, 0.05) is 30.3 Å². The summed E-state index contributed by atoms with van der Waals surface area (Å²) in [5, 5.41) is 8.80. The quantitative estimate of drug-likeness (QED) is 0.643. The van der Waals surface area contributed by atoms with Gasteiger partial charge >= 0.3 is 0 Å². The molecule has 1 fully saturated rings. The van der Waals surface area contributed by atoms with Gasteiger partial charge in [0.25, 0.3) is 5.91 Å². The Kier molecular flexibility index (Phi) is 5.55. The number of hydroxylamine groups is 1. The summed E-state index contributed by atoms with van der Waals surface area (Å²) in [6, 6.07) is 4.98. The van der Waals surface area contributed by atoms with Crippen LogP contribution >= 0.6 is 0 Å². The van der Waals surface area contributed by atoms with Crippen LogP contribution in [0.5, 0.6) is 5.75 Å². The van der Waals surface area contributed by atoms with E-state index in [1.54, 1.807) is 17.6 Å². The van der Waals surface area contributed by atoms with Crippen LogP contribution in [0, 0.1) is 5.92 Å². The second-order valence-electron chi connectivity index (χ2n) is 6.38. The lowest BCUT2D eigenvalue weighted by atomic mass is 9.95. The molecule has 0 radical (unpaired) electrons. The molecule has 3 rings (SSSR count). The zero-order chi connectivity index (χ0) is 17.8. The monoisotopic (exact) mass is 348 g/mol. The Morgan fingerprint density at radius 2 is 2.04 bits per heavy atom. The number of hydrogen-bond donors (Lipinski definition) is 2. The smallest absolute Gasteiger partial charge is 0.274 e. The molecule has 0 saturated carbocycles. The highest BCUT2D eigenvalue weighted by Gasteiger charge is 2.33. The minimum Gasteiger partial charge on any atom is -0.491 e. The molecule has 136 valence electrons. The Labute approximate surface area is 146 Å². The van der Waals surface area contributed by atoms with Crippen molar-refractivity contribution in [3.05, 3.63) is 29.3 Å². The molecule has 1 aromatic carbocycles. The molecule has 1 unspecified atom stereocenters. The fourth-order valence-corrected chi connectivity index (χ4v) is 3.60. The van der Waals surface area contributed by atoms with Gasteiger partial charge in [0.1, 0.15) is 12.4 Å². The van der Waals surface area contributed by atoms with Crippen molar-refractivity contribution in [1.82, 2.24) is 10.4 Å². The number of carbonyl (C=O) groups excluding carboxylic acids is 2. The van der Waals surface area contributed by atoms with E-state index in [4.69, 9.17) is 14.7 Å². The number of amides is 2. The van der Waals surface area contributed by atoms with Gasteiger partial charge in [-0.15, -0.1) is 0 Å². The summed E-state index contributed by atoms with van der Waals surface area (Å²) < 4.78 is 11.2. The second kappa shape index (κ2) is 7.84. The number of rotatable bonds is 3. The standard InChI is InChI=1S/C18H24N2O5/c1-2-15-14-4-3-13(17(21)19-23)11-16(14)25-10-7-20(15)18(22)12-5-8-24-9-6-12/h3-4,11-12,15,23H,2,5-10H2,1H3,(H,19,21). The number of fused-ring (bicyclic) bond motifs is 1. The van der Waals surface area contributed by atoms with Gasteiger partial charge in [-0.25, -0.2) is 5.48 Å². The first kappa shape index (κ1) is 17.7. The van der Waals surface area contributed by atoms with Crippen LogP contribution in [0.1, 0.15) is 48.1 Å². The topological polar surface area (TPSA) is 88.1 Å². The van der Waals surface area contributed by atoms with Crippen LogP contribution in [0.2, 0.25) is 0 Å². The Balaban J connectivity index is 1.88. The van der Waals surface area contributed by atoms with Crippen molar-refractivity contribution in [1.29, 1.82) is 0 Å². The average molecular weight is 348 g/mol. The van der Waals surface area contributed by atoms with E-state index in [1.807, 2.05) is 17.9 Å². The number of carbonyl (C=O) groups is 2. The fraction of sp³-hybridized carbons (Fsp3) is 0.556. The number of benzene rings is 1. The van der Waals surface area contributed by atoms with Crippen LogP contribution in [-0.4, -0.2) is 48.3 Å². The van der Waals surface area contributed by atoms with Crippen molar-refractivity contribution >= 4 is 11.8 Å². The van der Waals surface area contributed by atoms with Crippen molar-refractivity contribution in [2.45, 2.75) is 32.2 Å². The van der Waals surface area contributed by atoms with Gasteiger partial charge < -0.3 is 14.4 Å². The first-order valence-corrected chi connectivity index (χ1v) is 8.75. The van der Waals surface area contributed by atoms with E-state index in [0.717, 1.165) is 24.8 Å². The van der Waals surface area contributed by atoms with Crippen molar-refractivity contribution < 1.29 is 24.3 Å². The average Bonchev–Trinajstić information content (AvgIpc) is 2.85. The lowest BCUT2D eigenvalue weighted by molar-refractivity contribution is -0.141. The normalized spacial score (nSPS) is 21.0. The van der Waals surface area contributed by atoms with Crippen molar-refractivity contribution in [2.75, 3.05) is 26.4 Å². The van der Waals surface area contributed by atoms with E-state index in [2.05, 4.69) is 0 Å². The van der Waals surface area contributed by atoms with Gasteiger partial charge in [-0.3, -0.25) is 14.8 Å². The summed E-state index contributed by atoms with van der Waals surface area (Å²) in [7, 11) is 0. The molecule has 0 spiro atoms. The van der Waals surface area contributed by atoms with E-state index in [0.29, 0.717) is 37.7 Å². The molecule has 2 aliphatic rings. The molecule has 1 aromatic rings. The van der Waals surface area contributed by atoms with Gasteiger partial charge in [-0.05, 0) is 31.4 Å². The highest BCUT2D eigenvalue weighted by molar-refractivity contribution is 5.94. The molecule has 7 heteroatoms. The predicted molar refractivity (Wildman–Crippen MR) is 89.5 cm³/mol. The molecular formula is C18H24N2O5. The van der Waals surface area contributed by atoms with Gasteiger partial charge in [-0.2, -0.15) is 0 Å². The predicted octanol–water partition coefficient (Wildman–Crippen LogP) is 1.90. The molecule has 2 amide bonds. The minimum absolute atomic E-state index is 0.00351. The molecular weight excluding hydrogens is 324 g/mol. The van der Waals surface area contributed by atoms with Crippen LogP contribution < -0.4 is 10.2 Å². The fourth-order valence-electron chi connectivity index (χ4n) is 3.60. The minimum atomic E-state index is -0.584. The Hall–Kier alpha value is -2.12. The van der Waals surface area contributed by atoms with Crippen molar-refractivity contribution in [3.63, 3.8) is 0 Å². The van der Waals surface area contributed by atoms with E-state index in [-0.39, 0.29) is 17.9 Å². The summed E-state index contributed by atoms with van der Waals surface area (Å²) in [6.45, 7) is 4.20. The maximum atomic E-state index is 13.0. The van der Waals surface area contributed by atoms with Crippen LogP contribution in [0.4, 0.5) is 0 Å². The van der Waals surface area contributed by atoms with Gasteiger partial charge in [0.05, 0.1) is 12.6 Å². The lowest BCUT2D eigenvalue weighted by Crippen LogP contribution is -2.41. The van der Waals surface area contributed by atoms with Gasteiger partial charge in [0.15, 0.2) is 0 Å². The Morgan fingerprint density at radius 3 is 2.72 bits per heavy atom. The van der Waals surface area contributed by atoms with E-state index >= 15 is 0 Å². The third-order valence-electron chi connectivity index (χ3n) is 4.94. The van der Waals surface area contributed by atoms with Crippen molar-refractivity contribution in [2.24, 2.45) is 5.92 Å². The lowest BCUT2D eigenvalue weighted by Gasteiger charge is -2.33. The van der Waals surface area contributed by atoms with E-state index < -0.39 is 5.91 Å². The Morgan fingerprint density at radius 1 is 1.28 bits per heavy atom. The first-order chi connectivity index (χ1) is 12.2. The molecule has 0 aromatic heterocycles. The zero-order valence-electron chi connectivity index (χ0n) is 14.4. The maximum absolute atomic E-state index is 13.0. The summed E-state index contributed by atoms with van der Waals surface area (Å²) >= 11 is 0. The van der Waals surface area contributed by atoms with Crippen molar-refractivity contribution in [3.8, 4) is 5.75 Å². The third kappa shape index (κ3) is 3.62. The van der Waals surface area contributed by atoms with Crippen LogP contribution in [0.15, 0.2) is 18.2 Å². The van der Waals surface area contributed by atoms with E-state index in [9.17, 15) is 9.59 Å². The molecule has 2 aliphatic heterocycles. The highest BCUT2D eigenvalue weighted by Crippen LogP contribution is 2.36. The van der Waals surface area contributed by atoms with Crippen LogP contribution in [0.3, 0.4) is 0 Å². The molecule has 2 heterocycles. The molecule has 0 bridgehead atoms. The van der Waals surface area contributed by atoms with Crippen LogP contribution in [0.25, 0.3) is 0 Å². The number of ether oxygens (including phenoxy) is 2. The first-order valence-electron chi connectivity index (χ1n) is 8.75. The Bertz CT molecular complexity index is 642. The number of hydrogen-bond acceptors (Lipinski definition) is 5. The zero-order valence-corrected chi connectivity index (χ0v) is 14.4. The largest absolute Gasteiger partial charge is 0.491 e. The molecule has 0 aliphatic carbocycles. The van der Waals surface area contributed by atoms with Crippen LogP contribution in [-0.2, 0) is 9.53 Å². The molecule has 1 saturated heterocycles. The summed E-state index contributed by atoms with van der Waals surface area (Å²) in [5.41, 5.74) is 2.85. The van der Waals surface area contributed by atoms with Gasteiger partial charge in [-0.1, -0.05) is 13.0 Å².